The van der Waals surface area contributed by atoms with Crippen molar-refractivity contribution in [3.63, 3.8) is 0 Å². The zero-order valence-electron chi connectivity index (χ0n) is 10.0. The van der Waals surface area contributed by atoms with E-state index in [0.29, 0.717) is 18.4 Å². The third-order valence-corrected chi connectivity index (χ3v) is 3.73. The van der Waals surface area contributed by atoms with Crippen molar-refractivity contribution in [2.45, 2.75) is 52.5 Å². The van der Waals surface area contributed by atoms with Gasteiger partial charge in [0.2, 0.25) is 5.91 Å². The van der Waals surface area contributed by atoms with Gasteiger partial charge in [0.1, 0.15) is 0 Å². The van der Waals surface area contributed by atoms with E-state index in [-0.39, 0.29) is 11.3 Å². The van der Waals surface area contributed by atoms with Crippen LogP contribution in [0, 0.1) is 11.3 Å². The molecule has 15 heavy (non-hydrogen) atoms. The molecule has 2 nitrogen and oxygen atoms in total. The van der Waals surface area contributed by atoms with Crippen molar-refractivity contribution in [3.8, 4) is 0 Å². The maximum Gasteiger partial charge on any atom is 0.220 e. The normalized spacial score (nSPS) is 20.1. The summed E-state index contributed by atoms with van der Waals surface area (Å²) in [7, 11) is 0. The summed E-state index contributed by atoms with van der Waals surface area (Å²) in [6, 6.07) is 0.299. The molecule has 0 heterocycles. The molecule has 0 spiro atoms. The molecule has 3 heteroatoms. The number of amides is 1. The van der Waals surface area contributed by atoms with Crippen LogP contribution in [0.1, 0.15) is 46.5 Å². The van der Waals surface area contributed by atoms with Crippen LogP contribution < -0.4 is 5.32 Å². The van der Waals surface area contributed by atoms with Gasteiger partial charge in [-0.1, -0.05) is 13.8 Å². The molecule has 1 aliphatic carbocycles. The molecule has 1 fully saturated rings. The average Bonchev–Trinajstić information content (AvgIpc) is 2.83. The van der Waals surface area contributed by atoms with Crippen molar-refractivity contribution < 1.29 is 4.79 Å². The zero-order valence-corrected chi connectivity index (χ0v) is 10.9. The van der Waals surface area contributed by atoms with Crippen LogP contribution in [0.15, 0.2) is 0 Å². The first kappa shape index (κ1) is 12.9. The maximum absolute atomic E-state index is 11.7. The molecule has 1 saturated carbocycles. The number of thiol groups is 1. The molecule has 0 aromatic rings. The molecule has 1 unspecified atom stereocenters. The Kier molecular flexibility index (Phi) is 4.50. The highest BCUT2D eigenvalue weighted by Gasteiger charge is 2.42. The van der Waals surface area contributed by atoms with E-state index in [2.05, 4.69) is 38.7 Å². The highest BCUT2D eigenvalue weighted by Crippen LogP contribution is 2.49. The van der Waals surface area contributed by atoms with E-state index in [1.54, 1.807) is 0 Å². The molecule has 0 bridgehead atoms. The van der Waals surface area contributed by atoms with E-state index in [0.717, 1.165) is 12.2 Å². The average molecular weight is 229 g/mol. The van der Waals surface area contributed by atoms with Gasteiger partial charge in [-0.25, -0.2) is 0 Å². The van der Waals surface area contributed by atoms with Crippen molar-refractivity contribution in [1.82, 2.24) is 5.32 Å². The third kappa shape index (κ3) is 4.45. The predicted octanol–water partition coefficient (Wildman–Crippen LogP) is 2.64. The first-order chi connectivity index (χ1) is 6.97. The van der Waals surface area contributed by atoms with Crippen LogP contribution in [-0.2, 0) is 4.79 Å². The summed E-state index contributed by atoms with van der Waals surface area (Å²) in [6.45, 7) is 6.44. The Balaban J connectivity index is 2.24. The van der Waals surface area contributed by atoms with Crippen LogP contribution in [0.5, 0.6) is 0 Å². The summed E-state index contributed by atoms with van der Waals surface area (Å²) in [5, 5.41) is 3.07. The number of hydrogen-bond donors (Lipinski definition) is 2. The molecular formula is C12H23NOS. The van der Waals surface area contributed by atoms with E-state index in [1.165, 1.54) is 12.8 Å². The molecule has 1 rings (SSSR count). The Morgan fingerprint density at radius 3 is 2.40 bits per heavy atom. The first-order valence-electron chi connectivity index (χ1n) is 5.88. The summed E-state index contributed by atoms with van der Waals surface area (Å²) >= 11 is 4.30. The molecular weight excluding hydrogens is 206 g/mol. The summed E-state index contributed by atoms with van der Waals surface area (Å²) in [5.74, 6) is 1.69. The maximum atomic E-state index is 11.7. The van der Waals surface area contributed by atoms with E-state index >= 15 is 0 Å². The van der Waals surface area contributed by atoms with Gasteiger partial charge in [-0.05, 0) is 43.3 Å². The van der Waals surface area contributed by atoms with Crippen LogP contribution in [0.3, 0.4) is 0 Å². The molecule has 1 N–H and O–H groups in total. The second kappa shape index (κ2) is 5.24. The van der Waals surface area contributed by atoms with Crippen LogP contribution in [0.2, 0.25) is 0 Å². The smallest absolute Gasteiger partial charge is 0.220 e. The minimum absolute atomic E-state index is 0.203. The summed E-state index contributed by atoms with van der Waals surface area (Å²) in [5.41, 5.74) is 0.241. The monoisotopic (exact) mass is 229 g/mol. The third-order valence-electron chi connectivity index (χ3n) is 3.06. The minimum Gasteiger partial charge on any atom is -0.354 e. The lowest BCUT2D eigenvalue weighted by molar-refractivity contribution is -0.122. The van der Waals surface area contributed by atoms with Gasteiger partial charge >= 0.3 is 0 Å². The van der Waals surface area contributed by atoms with Gasteiger partial charge in [-0.2, -0.15) is 12.6 Å². The van der Waals surface area contributed by atoms with Crippen molar-refractivity contribution in [2.75, 3.05) is 5.75 Å². The fourth-order valence-corrected chi connectivity index (χ4v) is 2.43. The Hall–Kier alpha value is -0.180. The van der Waals surface area contributed by atoms with Crippen molar-refractivity contribution in [1.29, 1.82) is 0 Å². The van der Waals surface area contributed by atoms with Gasteiger partial charge in [0.15, 0.2) is 0 Å². The second-order valence-corrected chi connectivity index (χ2v) is 5.75. The van der Waals surface area contributed by atoms with Crippen LogP contribution >= 0.6 is 12.6 Å². The largest absolute Gasteiger partial charge is 0.354 e. The number of nitrogens with one attached hydrogen (secondary N) is 1. The number of carbonyl (C=O) groups excluding carboxylic acids is 1. The molecule has 1 atom stereocenters. The molecule has 0 aromatic carbocycles. The van der Waals surface area contributed by atoms with Crippen molar-refractivity contribution in [3.05, 3.63) is 0 Å². The Morgan fingerprint density at radius 2 is 2.00 bits per heavy atom. The SMILES string of the molecule is CC(C)CC(C)NC(=O)CC1(CS)CC1. The first-order valence-corrected chi connectivity index (χ1v) is 6.51. The van der Waals surface area contributed by atoms with E-state index in [1.807, 2.05) is 0 Å². The highest BCUT2D eigenvalue weighted by atomic mass is 32.1. The van der Waals surface area contributed by atoms with Crippen LogP contribution in [0.4, 0.5) is 0 Å². The van der Waals surface area contributed by atoms with E-state index in [9.17, 15) is 4.79 Å². The summed E-state index contributed by atoms with van der Waals surface area (Å²) in [4.78, 5) is 11.7. The van der Waals surface area contributed by atoms with E-state index < -0.39 is 0 Å². The molecule has 0 radical (unpaired) electrons. The van der Waals surface area contributed by atoms with Gasteiger partial charge in [-0.3, -0.25) is 4.79 Å². The summed E-state index contributed by atoms with van der Waals surface area (Å²) < 4.78 is 0. The lowest BCUT2D eigenvalue weighted by atomic mass is 10.0. The fraction of sp³-hybridized carbons (Fsp3) is 0.917. The van der Waals surface area contributed by atoms with E-state index in [4.69, 9.17) is 0 Å². The number of hydrogen-bond acceptors (Lipinski definition) is 2. The topological polar surface area (TPSA) is 29.1 Å². The molecule has 0 saturated heterocycles. The lowest BCUT2D eigenvalue weighted by Crippen LogP contribution is -2.35. The van der Waals surface area contributed by atoms with Gasteiger partial charge in [-0.15, -0.1) is 0 Å². The molecule has 1 aliphatic rings. The quantitative estimate of drug-likeness (QED) is 0.674. The van der Waals surface area contributed by atoms with Gasteiger partial charge < -0.3 is 5.32 Å². The fourth-order valence-electron chi connectivity index (χ4n) is 2.00. The highest BCUT2D eigenvalue weighted by molar-refractivity contribution is 7.80. The minimum atomic E-state index is 0.203. The molecule has 88 valence electrons. The van der Waals surface area contributed by atoms with Crippen molar-refractivity contribution >= 4 is 18.5 Å². The van der Waals surface area contributed by atoms with Crippen LogP contribution in [-0.4, -0.2) is 17.7 Å². The second-order valence-electron chi connectivity index (χ2n) is 5.43. The Bertz CT molecular complexity index is 224. The van der Waals surface area contributed by atoms with Gasteiger partial charge in [0, 0.05) is 12.5 Å². The standard InChI is InChI=1S/C12H23NOS/c1-9(2)6-10(3)13-11(14)7-12(8-15)4-5-12/h9-10,15H,4-8H2,1-3H3,(H,13,14). The lowest BCUT2D eigenvalue weighted by Gasteiger charge is -2.18. The van der Waals surface area contributed by atoms with Gasteiger partial charge in [0.05, 0.1) is 0 Å². The number of rotatable bonds is 6. The molecule has 0 aliphatic heterocycles. The van der Waals surface area contributed by atoms with Crippen LogP contribution in [0.25, 0.3) is 0 Å². The Labute approximate surface area is 98.6 Å². The predicted molar refractivity (Wildman–Crippen MR) is 67.2 cm³/mol. The molecule has 0 aromatic heterocycles. The zero-order chi connectivity index (χ0) is 11.5. The molecule has 1 amide bonds. The van der Waals surface area contributed by atoms with Gasteiger partial charge in [0.25, 0.3) is 0 Å². The Morgan fingerprint density at radius 1 is 1.40 bits per heavy atom. The number of carbonyl (C=O) groups is 1. The summed E-state index contributed by atoms with van der Waals surface area (Å²) in [6.07, 6.45) is 4.06. The van der Waals surface area contributed by atoms with Crippen molar-refractivity contribution in [2.24, 2.45) is 11.3 Å².